The van der Waals surface area contributed by atoms with Gasteiger partial charge in [-0.2, -0.15) is 0 Å². The van der Waals surface area contributed by atoms with E-state index in [0.29, 0.717) is 19.1 Å². The lowest BCUT2D eigenvalue weighted by Crippen LogP contribution is -2.37. The van der Waals surface area contributed by atoms with E-state index >= 15 is 0 Å². The van der Waals surface area contributed by atoms with Crippen LogP contribution in [0.5, 0.6) is 0 Å². The van der Waals surface area contributed by atoms with Crippen LogP contribution in [0.15, 0.2) is 4.99 Å². The Morgan fingerprint density at radius 2 is 2.14 bits per heavy atom. The Kier molecular flexibility index (Phi) is 6.47. The number of primary amides is 1. The summed E-state index contributed by atoms with van der Waals surface area (Å²) in [6.07, 6.45) is 0. The van der Waals surface area contributed by atoms with E-state index in [1.165, 1.54) is 0 Å². The number of guanidine groups is 1. The minimum absolute atomic E-state index is 0.0764. The van der Waals surface area contributed by atoms with E-state index < -0.39 is 5.91 Å². The van der Waals surface area contributed by atoms with E-state index in [-0.39, 0.29) is 12.6 Å². The lowest BCUT2D eigenvalue weighted by Gasteiger charge is -2.08. The van der Waals surface area contributed by atoms with Crippen LogP contribution in [-0.4, -0.2) is 37.7 Å². The molecule has 0 bridgehead atoms. The van der Waals surface area contributed by atoms with E-state index in [1.54, 1.807) is 0 Å². The highest BCUT2D eigenvalue weighted by Gasteiger charge is 1.95. The van der Waals surface area contributed by atoms with Crippen LogP contribution in [0.25, 0.3) is 0 Å². The summed E-state index contributed by atoms with van der Waals surface area (Å²) in [7, 11) is 0. The average Bonchev–Trinajstić information content (AvgIpc) is 2.01. The zero-order chi connectivity index (χ0) is 11.0. The summed E-state index contributed by atoms with van der Waals surface area (Å²) in [5.41, 5.74) is 10.4. The average molecular weight is 202 g/mol. The molecule has 0 aromatic carbocycles. The zero-order valence-electron chi connectivity index (χ0n) is 8.62. The third-order valence-corrected chi connectivity index (χ3v) is 1.20. The Hall–Kier alpha value is -1.30. The molecule has 0 aliphatic rings. The minimum Gasteiger partial charge on any atom is -0.370 e. The molecule has 0 aliphatic carbocycles. The standard InChI is InChI=1S/C8H18N4O2/c1-6(2)12-8(10)11-3-4-14-5-7(9)13/h6H,3-5H2,1-2H3,(H2,9,13)(H3,10,11,12). The smallest absolute Gasteiger partial charge is 0.243 e. The van der Waals surface area contributed by atoms with Gasteiger partial charge in [0.15, 0.2) is 5.96 Å². The quantitative estimate of drug-likeness (QED) is 0.286. The molecule has 0 unspecified atom stereocenters. The number of hydrogen-bond donors (Lipinski definition) is 3. The van der Waals surface area contributed by atoms with E-state index in [0.717, 1.165) is 0 Å². The molecular formula is C8H18N4O2. The van der Waals surface area contributed by atoms with Gasteiger partial charge < -0.3 is 21.5 Å². The van der Waals surface area contributed by atoms with Crippen molar-refractivity contribution in [1.82, 2.24) is 5.32 Å². The van der Waals surface area contributed by atoms with E-state index in [1.807, 2.05) is 13.8 Å². The van der Waals surface area contributed by atoms with Crippen molar-refractivity contribution in [1.29, 1.82) is 0 Å². The molecule has 0 spiro atoms. The Bertz CT molecular complexity index is 204. The molecule has 14 heavy (non-hydrogen) atoms. The Morgan fingerprint density at radius 3 is 2.64 bits per heavy atom. The molecule has 6 heteroatoms. The maximum atomic E-state index is 10.3. The molecule has 0 aliphatic heterocycles. The SMILES string of the molecule is CC(C)NC(N)=NCCOCC(N)=O. The van der Waals surface area contributed by atoms with Gasteiger partial charge in [-0.15, -0.1) is 0 Å². The Morgan fingerprint density at radius 1 is 1.50 bits per heavy atom. The largest absolute Gasteiger partial charge is 0.370 e. The molecule has 0 rings (SSSR count). The second-order valence-electron chi connectivity index (χ2n) is 3.08. The molecular weight excluding hydrogens is 184 g/mol. The van der Waals surface area contributed by atoms with Crippen LogP contribution in [0.2, 0.25) is 0 Å². The van der Waals surface area contributed by atoms with Crippen LogP contribution < -0.4 is 16.8 Å². The number of rotatable bonds is 6. The number of aliphatic imine (C=N–C) groups is 1. The van der Waals surface area contributed by atoms with Gasteiger partial charge >= 0.3 is 0 Å². The first-order valence-corrected chi connectivity index (χ1v) is 4.45. The van der Waals surface area contributed by atoms with Crippen molar-refractivity contribution in [3.05, 3.63) is 0 Å². The fourth-order valence-corrected chi connectivity index (χ4v) is 0.745. The van der Waals surface area contributed by atoms with Crippen LogP contribution in [0, 0.1) is 0 Å². The van der Waals surface area contributed by atoms with Crippen molar-refractivity contribution in [3.8, 4) is 0 Å². The first kappa shape index (κ1) is 12.7. The molecule has 6 nitrogen and oxygen atoms in total. The van der Waals surface area contributed by atoms with Crippen molar-refractivity contribution in [2.24, 2.45) is 16.5 Å². The minimum atomic E-state index is -0.484. The van der Waals surface area contributed by atoms with E-state index in [2.05, 4.69) is 10.3 Å². The lowest BCUT2D eigenvalue weighted by atomic mass is 10.4. The monoisotopic (exact) mass is 202 g/mol. The summed E-state index contributed by atoms with van der Waals surface area (Å²) >= 11 is 0. The molecule has 1 amide bonds. The molecule has 0 aromatic heterocycles. The normalized spacial score (nSPS) is 11.8. The Balaban J connectivity index is 3.46. The maximum Gasteiger partial charge on any atom is 0.243 e. The number of nitrogens with one attached hydrogen (secondary N) is 1. The fourth-order valence-electron chi connectivity index (χ4n) is 0.745. The van der Waals surface area contributed by atoms with Crippen molar-refractivity contribution < 1.29 is 9.53 Å². The van der Waals surface area contributed by atoms with Crippen LogP contribution in [0.4, 0.5) is 0 Å². The highest BCUT2D eigenvalue weighted by atomic mass is 16.5. The predicted molar refractivity (Wildman–Crippen MR) is 54.8 cm³/mol. The molecule has 0 heterocycles. The molecule has 0 saturated carbocycles. The van der Waals surface area contributed by atoms with Crippen LogP contribution in [-0.2, 0) is 9.53 Å². The molecule has 0 saturated heterocycles. The predicted octanol–water partition coefficient (Wildman–Crippen LogP) is -1.20. The summed E-state index contributed by atoms with van der Waals surface area (Å²) < 4.78 is 4.89. The van der Waals surface area contributed by atoms with Gasteiger partial charge in [0.25, 0.3) is 0 Å². The molecule has 0 atom stereocenters. The van der Waals surface area contributed by atoms with Crippen molar-refractivity contribution in [2.75, 3.05) is 19.8 Å². The molecule has 82 valence electrons. The number of carbonyl (C=O) groups excluding carboxylic acids is 1. The van der Waals surface area contributed by atoms with Crippen LogP contribution >= 0.6 is 0 Å². The third kappa shape index (κ3) is 8.79. The van der Waals surface area contributed by atoms with Crippen molar-refractivity contribution >= 4 is 11.9 Å². The lowest BCUT2D eigenvalue weighted by molar-refractivity contribution is -0.122. The summed E-state index contributed by atoms with van der Waals surface area (Å²) in [5, 5.41) is 2.92. The van der Waals surface area contributed by atoms with Gasteiger partial charge in [-0.3, -0.25) is 9.79 Å². The van der Waals surface area contributed by atoms with Gasteiger partial charge in [0, 0.05) is 6.04 Å². The van der Waals surface area contributed by atoms with Gasteiger partial charge in [0.05, 0.1) is 13.2 Å². The summed E-state index contributed by atoms with van der Waals surface area (Å²) in [5.74, 6) is -0.107. The summed E-state index contributed by atoms with van der Waals surface area (Å²) in [6, 6.07) is 0.255. The van der Waals surface area contributed by atoms with Gasteiger partial charge in [-0.05, 0) is 13.8 Å². The van der Waals surface area contributed by atoms with E-state index in [4.69, 9.17) is 16.2 Å². The van der Waals surface area contributed by atoms with Crippen LogP contribution in [0.1, 0.15) is 13.8 Å². The summed E-state index contributed by atoms with van der Waals surface area (Å²) in [6.45, 7) is 4.60. The van der Waals surface area contributed by atoms with Gasteiger partial charge in [-0.1, -0.05) is 0 Å². The van der Waals surface area contributed by atoms with Crippen molar-refractivity contribution in [2.45, 2.75) is 19.9 Å². The van der Waals surface area contributed by atoms with Gasteiger partial charge in [0.1, 0.15) is 6.61 Å². The molecule has 5 N–H and O–H groups in total. The topological polar surface area (TPSA) is 103 Å². The number of amides is 1. The molecule has 0 aromatic rings. The maximum absolute atomic E-state index is 10.3. The highest BCUT2D eigenvalue weighted by molar-refractivity contribution is 5.78. The number of carbonyl (C=O) groups is 1. The molecule has 0 radical (unpaired) electrons. The second-order valence-corrected chi connectivity index (χ2v) is 3.08. The number of nitrogens with zero attached hydrogens (tertiary/aromatic N) is 1. The first-order chi connectivity index (χ1) is 6.52. The zero-order valence-corrected chi connectivity index (χ0v) is 8.62. The summed E-state index contributed by atoms with van der Waals surface area (Å²) in [4.78, 5) is 14.2. The van der Waals surface area contributed by atoms with E-state index in [9.17, 15) is 4.79 Å². The number of nitrogens with two attached hydrogens (primary N) is 2. The number of ether oxygens (including phenoxy) is 1. The number of hydrogen-bond acceptors (Lipinski definition) is 3. The highest BCUT2D eigenvalue weighted by Crippen LogP contribution is 1.78. The Labute approximate surface area is 83.7 Å². The third-order valence-electron chi connectivity index (χ3n) is 1.20. The molecule has 0 fully saturated rings. The van der Waals surface area contributed by atoms with Gasteiger partial charge in [-0.25, -0.2) is 0 Å². The first-order valence-electron chi connectivity index (χ1n) is 4.45. The second kappa shape index (κ2) is 7.14. The van der Waals surface area contributed by atoms with Gasteiger partial charge in [0.2, 0.25) is 5.91 Å². The van der Waals surface area contributed by atoms with Crippen LogP contribution in [0.3, 0.4) is 0 Å². The fraction of sp³-hybridized carbons (Fsp3) is 0.750. The van der Waals surface area contributed by atoms with Crippen molar-refractivity contribution in [3.63, 3.8) is 0 Å².